The van der Waals surface area contributed by atoms with Crippen molar-refractivity contribution in [3.63, 3.8) is 0 Å². The van der Waals surface area contributed by atoms with E-state index in [0.717, 1.165) is 37.7 Å². The molecular weight excluding hydrogens is 374 g/mol. The van der Waals surface area contributed by atoms with Crippen molar-refractivity contribution < 1.29 is 14.3 Å². The van der Waals surface area contributed by atoms with E-state index >= 15 is 0 Å². The van der Waals surface area contributed by atoms with E-state index < -0.39 is 0 Å². The van der Waals surface area contributed by atoms with Crippen LogP contribution in [0.15, 0.2) is 48.5 Å². The summed E-state index contributed by atoms with van der Waals surface area (Å²) in [7, 11) is 1.62. The van der Waals surface area contributed by atoms with Gasteiger partial charge in [-0.25, -0.2) is 0 Å². The number of nitrogens with zero attached hydrogens (tertiary/aromatic N) is 3. The van der Waals surface area contributed by atoms with Gasteiger partial charge in [0.05, 0.1) is 26.0 Å². The maximum absolute atomic E-state index is 13.0. The van der Waals surface area contributed by atoms with Gasteiger partial charge in [0, 0.05) is 30.5 Å². The number of hydrogen-bond acceptors (Lipinski definition) is 6. The van der Waals surface area contributed by atoms with Gasteiger partial charge in [0.1, 0.15) is 11.8 Å². The van der Waals surface area contributed by atoms with Gasteiger partial charge in [-0.3, -0.25) is 9.69 Å². The number of thiol groups is 1. The summed E-state index contributed by atoms with van der Waals surface area (Å²) < 4.78 is 10.7. The van der Waals surface area contributed by atoms with Crippen LogP contribution in [-0.2, 0) is 9.53 Å². The molecule has 2 aromatic rings. The van der Waals surface area contributed by atoms with E-state index in [1.165, 1.54) is 5.69 Å². The number of methoxy groups -OCH3 is 1. The second-order valence-corrected chi connectivity index (χ2v) is 7.42. The second-order valence-electron chi connectivity index (χ2n) is 6.96. The molecule has 1 amide bonds. The van der Waals surface area contributed by atoms with E-state index in [1.54, 1.807) is 12.0 Å². The van der Waals surface area contributed by atoms with Gasteiger partial charge in [0.25, 0.3) is 5.91 Å². The Labute approximate surface area is 171 Å². The second kappa shape index (κ2) is 7.93. The van der Waals surface area contributed by atoms with Crippen LogP contribution in [0.5, 0.6) is 5.75 Å². The van der Waals surface area contributed by atoms with Crippen molar-refractivity contribution >= 4 is 35.6 Å². The molecule has 0 bridgehead atoms. The van der Waals surface area contributed by atoms with Crippen molar-refractivity contribution in [3.8, 4) is 5.75 Å². The lowest BCUT2D eigenvalue weighted by molar-refractivity contribution is -0.117. The third-order valence-electron chi connectivity index (χ3n) is 5.35. The van der Waals surface area contributed by atoms with Crippen molar-refractivity contribution in [2.45, 2.75) is 18.5 Å². The minimum atomic E-state index is -0.385. The molecule has 4 rings (SSSR count). The minimum Gasteiger partial charge on any atom is -0.497 e. The molecule has 0 aromatic heterocycles. The molecule has 7 heteroatoms. The van der Waals surface area contributed by atoms with Gasteiger partial charge in [-0.15, -0.1) is 12.6 Å². The first-order valence-corrected chi connectivity index (χ1v) is 9.98. The van der Waals surface area contributed by atoms with Crippen LogP contribution in [0.1, 0.15) is 6.92 Å². The van der Waals surface area contributed by atoms with E-state index in [1.807, 2.05) is 36.1 Å². The van der Waals surface area contributed by atoms with Gasteiger partial charge in [-0.1, -0.05) is 6.07 Å². The van der Waals surface area contributed by atoms with Gasteiger partial charge in [-0.2, -0.15) is 0 Å². The SMILES string of the molecule is COc1cccc(N2C(=O)C(C)N(c3ccc(N4CCOCC4)cc3)C2S)c1. The lowest BCUT2D eigenvalue weighted by Crippen LogP contribution is -2.37. The number of ether oxygens (including phenoxy) is 2. The predicted molar refractivity (Wildman–Crippen MR) is 115 cm³/mol. The molecule has 2 aliphatic rings. The maximum Gasteiger partial charge on any atom is 0.251 e. The molecule has 2 aliphatic heterocycles. The van der Waals surface area contributed by atoms with E-state index in [2.05, 4.69) is 29.2 Å². The highest BCUT2D eigenvalue weighted by Gasteiger charge is 2.42. The smallest absolute Gasteiger partial charge is 0.251 e. The first kappa shape index (κ1) is 19.0. The number of amides is 1. The number of carbonyl (C=O) groups excluding carboxylic acids is 1. The van der Waals surface area contributed by atoms with Crippen LogP contribution < -0.4 is 19.4 Å². The van der Waals surface area contributed by atoms with Gasteiger partial charge < -0.3 is 19.3 Å². The van der Waals surface area contributed by atoms with Crippen molar-refractivity contribution in [2.75, 3.05) is 48.1 Å². The number of benzene rings is 2. The highest BCUT2D eigenvalue weighted by atomic mass is 32.1. The molecule has 28 heavy (non-hydrogen) atoms. The fourth-order valence-electron chi connectivity index (χ4n) is 3.79. The summed E-state index contributed by atoms with van der Waals surface area (Å²) in [5, 5.41) is 0. The average Bonchev–Trinajstić information content (AvgIpc) is 2.97. The number of anilines is 3. The number of morpholine rings is 1. The fourth-order valence-corrected chi connectivity index (χ4v) is 4.37. The van der Waals surface area contributed by atoms with Crippen LogP contribution in [0.2, 0.25) is 0 Å². The monoisotopic (exact) mass is 399 g/mol. The molecular formula is C21H25N3O3S. The van der Waals surface area contributed by atoms with Crippen molar-refractivity contribution in [1.29, 1.82) is 0 Å². The normalized spacial score (nSPS) is 22.7. The Bertz CT molecular complexity index is 839. The van der Waals surface area contributed by atoms with Gasteiger partial charge >= 0.3 is 0 Å². The van der Waals surface area contributed by atoms with Gasteiger partial charge in [0.2, 0.25) is 0 Å². The zero-order valence-electron chi connectivity index (χ0n) is 16.1. The van der Waals surface area contributed by atoms with E-state index in [4.69, 9.17) is 22.1 Å². The Morgan fingerprint density at radius 1 is 1.04 bits per heavy atom. The molecule has 148 valence electrons. The maximum atomic E-state index is 13.0. The first-order chi connectivity index (χ1) is 13.6. The largest absolute Gasteiger partial charge is 0.497 e. The lowest BCUT2D eigenvalue weighted by atomic mass is 10.2. The molecule has 2 saturated heterocycles. The van der Waals surface area contributed by atoms with Crippen LogP contribution >= 0.6 is 12.6 Å². The Morgan fingerprint density at radius 2 is 1.71 bits per heavy atom. The Morgan fingerprint density at radius 3 is 2.39 bits per heavy atom. The molecule has 2 heterocycles. The van der Waals surface area contributed by atoms with Gasteiger partial charge in [-0.05, 0) is 43.3 Å². The molecule has 6 nitrogen and oxygen atoms in total. The predicted octanol–water partition coefficient (Wildman–Crippen LogP) is 2.99. The van der Waals surface area contributed by atoms with Crippen molar-refractivity contribution in [2.24, 2.45) is 0 Å². The summed E-state index contributed by atoms with van der Waals surface area (Å²) in [6, 6.07) is 15.5. The minimum absolute atomic E-state index is 0.0190. The molecule has 0 N–H and O–H groups in total. The zero-order chi connectivity index (χ0) is 19.7. The summed E-state index contributed by atoms with van der Waals surface area (Å²) in [5.74, 6) is 0.734. The first-order valence-electron chi connectivity index (χ1n) is 9.46. The average molecular weight is 400 g/mol. The summed E-state index contributed by atoms with van der Waals surface area (Å²) in [6.07, 6.45) is 0. The molecule has 2 atom stereocenters. The Kier molecular flexibility index (Phi) is 5.37. The highest BCUT2D eigenvalue weighted by molar-refractivity contribution is 7.81. The van der Waals surface area contributed by atoms with Crippen molar-refractivity contribution in [1.82, 2.24) is 0 Å². The standard InChI is InChI=1S/C21H25N3O3S/c1-15-20(25)24(18-4-3-5-19(14-18)26-2)21(28)23(15)17-8-6-16(7-9-17)22-10-12-27-13-11-22/h3-9,14-15,21,28H,10-13H2,1-2H3. The van der Waals surface area contributed by atoms with E-state index in [0.29, 0.717) is 5.75 Å². The molecule has 2 aromatic carbocycles. The van der Waals surface area contributed by atoms with Crippen LogP contribution in [-0.4, -0.2) is 50.9 Å². The number of rotatable bonds is 4. The number of carbonyl (C=O) groups is 1. The van der Waals surface area contributed by atoms with Crippen LogP contribution in [0.4, 0.5) is 17.1 Å². The third kappa shape index (κ3) is 3.40. The third-order valence-corrected chi connectivity index (χ3v) is 5.83. The molecule has 0 saturated carbocycles. The molecule has 0 aliphatic carbocycles. The molecule has 2 fully saturated rings. The Hall–Kier alpha value is -2.38. The summed E-state index contributed by atoms with van der Waals surface area (Å²) in [5.41, 5.74) is 2.54. The number of hydrogen-bond donors (Lipinski definition) is 1. The highest BCUT2D eigenvalue weighted by Crippen LogP contribution is 2.36. The van der Waals surface area contributed by atoms with Crippen LogP contribution in [0, 0.1) is 0 Å². The van der Waals surface area contributed by atoms with E-state index in [-0.39, 0.29) is 17.4 Å². The molecule has 0 spiro atoms. The van der Waals surface area contributed by atoms with Gasteiger partial charge in [0.15, 0.2) is 5.50 Å². The summed E-state index contributed by atoms with van der Waals surface area (Å²) in [4.78, 5) is 19.0. The summed E-state index contributed by atoms with van der Waals surface area (Å²) >= 11 is 4.78. The van der Waals surface area contributed by atoms with E-state index in [9.17, 15) is 4.79 Å². The fraction of sp³-hybridized carbons (Fsp3) is 0.381. The zero-order valence-corrected chi connectivity index (χ0v) is 17.0. The molecule has 2 unspecified atom stereocenters. The van der Waals surface area contributed by atoms with Crippen molar-refractivity contribution in [3.05, 3.63) is 48.5 Å². The lowest BCUT2D eigenvalue weighted by Gasteiger charge is -2.31. The molecule has 0 radical (unpaired) electrons. The Balaban J connectivity index is 1.58. The summed E-state index contributed by atoms with van der Waals surface area (Å²) in [6.45, 7) is 5.23. The quantitative estimate of drug-likeness (QED) is 0.801. The topological polar surface area (TPSA) is 45.2 Å². The van der Waals surface area contributed by atoms with Crippen LogP contribution in [0.3, 0.4) is 0 Å². The van der Waals surface area contributed by atoms with Crippen LogP contribution in [0.25, 0.3) is 0 Å².